The molecular weight excluding hydrogens is 178 g/mol. The molecule has 0 aromatic carbocycles. The number of rotatable bonds is 4. The minimum Gasteiger partial charge on any atom is -0.352 e. The van der Waals surface area contributed by atoms with E-state index in [1.165, 1.54) is 6.42 Å². The van der Waals surface area contributed by atoms with Crippen molar-refractivity contribution in [3.05, 3.63) is 0 Å². The highest BCUT2D eigenvalue weighted by atomic mass is 16.1. The van der Waals surface area contributed by atoms with Crippen molar-refractivity contribution in [1.82, 2.24) is 15.5 Å². The summed E-state index contributed by atoms with van der Waals surface area (Å²) in [5, 5.41) is 6.33. The molecule has 0 bridgehead atoms. The standard InChI is InChI=1S/C10H21N3O/c1-13(2)7-5-10(14)12-9-4-3-6-11-8-9/h9,11H,3-8H2,1-2H3,(H,12,14)/t9-/m0/s1. The van der Waals surface area contributed by atoms with Gasteiger partial charge in [-0.1, -0.05) is 0 Å². The highest BCUT2D eigenvalue weighted by Gasteiger charge is 2.14. The summed E-state index contributed by atoms with van der Waals surface area (Å²) < 4.78 is 0. The van der Waals surface area contributed by atoms with Crippen LogP contribution in [-0.4, -0.2) is 50.6 Å². The lowest BCUT2D eigenvalue weighted by Crippen LogP contribution is -2.46. The zero-order valence-corrected chi connectivity index (χ0v) is 9.18. The third kappa shape index (κ3) is 4.58. The van der Waals surface area contributed by atoms with Crippen molar-refractivity contribution in [2.45, 2.75) is 25.3 Å². The molecule has 1 aliphatic rings. The Morgan fingerprint density at radius 3 is 2.93 bits per heavy atom. The van der Waals surface area contributed by atoms with Crippen LogP contribution in [0.4, 0.5) is 0 Å². The molecule has 1 atom stereocenters. The predicted octanol–water partition coefficient (Wildman–Crippen LogP) is -0.194. The predicted molar refractivity (Wildman–Crippen MR) is 57.2 cm³/mol. The number of hydrogen-bond acceptors (Lipinski definition) is 3. The fraction of sp³-hybridized carbons (Fsp3) is 0.900. The molecule has 4 heteroatoms. The van der Waals surface area contributed by atoms with Crippen LogP contribution in [0.25, 0.3) is 0 Å². The van der Waals surface area contributed by atoms with Gasteiger partial charge in [-0.3, -0.25) is 4.79 Å². The van der Waals surface area contributed by atoms with Gasteiger partial charge >= 0.3 is 0 Å². The Morgan fingerprint density at radius 1 is 1.57 bits per heavy atom. The molecule has 1 rings (SSSR count). The number of nitrogens with one attached hydrogen (secondary N) is 2. The van der Waals surface area contributed by atoms with Gasteiger partial charge in [0.2, 0.25) is 5.91 Å². The van der Waals surface area contributed by atoms with Crippen LogP contribution in [0.1, 0.15) is 19.3 Å². The second-order valence-corrected chi connectivity index (χ2v) is 4.16. The van der Waals surface area contributed by atoms with Gasteiger partial charge in [-0.2, -0.15) is 0 Å². The van der Waals surface area contributed by atoms with Crippen molar-refractivity contribution in [3.63, 3.8) is 0 Å². The van der Waals surface area contributed by atoms with Gasteiger partial charge in [0.05, 0.1) is 0 Å². The van der Waals surface area contributed by atoms with Crippen LogP contribution in [-0.2, 0) is 4.79 Å². The molecule has 1 aliphatic heterocycles. The molecule has 1 saturated heterocycles. The van der Waals surface area contributed by atoms with Crippen LogP contribution >= 0.6 is 0 Å². The normalized spacial score (nSPS) is 22.4. The molecule has 4 nitrogen and oxygen atoms in total. The first-order chi connectivity index (χ1) is 6.68. The van der Waals surface area contributed by atoms with E-state index in [-0.39, 0.29) is 5.91 Å². The van der Waals surface area contributed by atoms with Crippen molar-refractivity contribution in [3.8, 4) is 0 Å². The molecule has 1 amide bonds. The number of carbonyl (C=O) groups excluding carboxylic acids is 1. The maximum absolute atomic E-state index is 11.5. The molecule has 1 heterocycles. The lowest BCUT2D eigenvalue weighted by Gasteiger charge is -2.24. The van der Waals surface area contributed by atoms with E-state index < -0.39 is 0 Å². The summed E-state index contributed by atoms with van der Waals surface area (Å²) in [7, 11) is 3.96. The molecule has 0 spiro atoms. The van der Waals surface area contributed by atoms with Crippen LogP contribution in [0.15, 0.2) is 0 Å². The first kappa shape index (κ1) is 11.5. The number of nitrogens with zero attached hydrogens (tertiary/aromatic N) is 1. The molecular formula is C10H21N3O. The van der Waals surface area contributed by atoms with Crippen molar-refractivity contribution in [1.29, 1.82) is 0 Å². The van der Waals surface area contributed by atoms with Gasteiger partial charge in [0.1, 0.15) is 0 Å². The third-order valence-corrected chi connectivity index (χ3v) is 2.45. The second-order valence-electron chi connectivity index (χ2n) is 4.16. The molecule has 0 aliphatic carbocycles. The Kier molecular flexibility index (Phi) is 4.90. The van der Waals surface area contributed by atoms with Gasteiger partial charge in [0, 0.05) is 25.6 Å². The van der Waals surface area contributed by atoms with Crippen LogP contribution in [0.3, 0.4) is 0 Å². The van der Waals surface area contributed by atoms with Crippen molar-refractivity contribution in [2.75, 3.05) is 33.7 Å². The van der Waals surface area contributed by atoms with Crippen molar-refractivity contribution in [2.24, 2.45) is 0 Å². The lowest BCUT2D eigenvalue weighted by atomic mass is 10.1. The Morgan fingerprint density at radius 2 is 2.36 bits per heavy atom. The Hall–Kier alpha value is -0.610. The largest absolute Gasteiger partial charge is 0.352 e. The molecule has 0 saturated carbocycles. The number of piperidine rings is 1. The van der Waals surface area contributed by atoms with Gasteiger partial charge in [-0.15, -0.1) is 0 Å². The summed E-state index contributed by atoms with van der Waals surface area (Å²) in [4.78, 5) is 13.5. The van der Waals surface area contributed by atoms with Crippen LogP contribution in [0.5, 0.6) is 0 Å². The van der Waals surface area contributed by atoms with Crippen molar-refractivity contribution >= 4 is 5.91 Å². The van der Waals surface area contributed by atoms with E-state index in [9.17, 15) is 4.79 Å². The summed E-state index contributed by atoms with van der Waals surface area (Å²) in [5.74, 6) is 0.174. The van der Waals surface area contributed by atoms with E-state index in [1.807, 2.05) is 19.0 Å². The average Bonchev–Trinajstić information content (AvgIpc) is 2.16. The topological polar surface area (TPSA) is 44.4 Å². The van der Waals surface area contributed by atoms with Crippen LogP contribution in [0, 0.1) is 0 Å². The zero-order valence-electron chi connectivity index (χ0n) is 9.18. The maximum atomic E-state index is 11.5. The summed E-state index contributed by atoms with van der Waals surface area (Å²) in [5.41, 5.74) is 0. The Balaban J connectivity index is 2.12. The molecule has 0 aromatic rings. The van der Waals surface area contributed by atoms with Gasteiger partial charge in [-0.25, -0.2) is 0 Å². The fourth-order valence-electron chi connectivity index (χ4n) is 1.60. The SMILES string of the molecule is CN(C)CCC(=O)N[C@H]1CCCNC1. The average molecular weight is 199 g/mol. The summed E-state index contributed by atoms with van der Waals surface area (Å²) >= 11 is 0. The Labute approximate surface area is 86.0 Å². The minimum atomic E-state index is 0.174. The maximum Gasteiger partial charge on any atom is 0.221 e. The second kappa shape index (κ2) is 5.98. The van der Waals surface area contributed by atoms with E-state index in [4.69, 9.17) is 0 Å². The number of carbonyl (C=O) groups is 1. The zero-order chi connectivity index (χ0) is 10.4. The van der Waals surface area contributed by atoms with Gasteiger partial charge in [-0.05, 0) is 33.5 Å². The van der Waals surface area contributed by atoms with E-state index >= 15 is 0 Å². The van der Waals surface area contributed by atoms with Crippen LogP contribution in [0.2, 0.25) is 0 Å². The van der Waals surface area contributed by atoms with Gasteiger partial charge in [0.15, 0.2) is 0 Å². The summed E-state index contributed by atoms with van der Waals surface area (Å²) in [6.07, 6.45) is 2.88. The monoisotopic (exact) mass is 199 g/mol. The van der Waals surface area contributed by atoms with E-state index in [1.54, 1.807) is 0 Å². The first-order valence-electron chi connectivity index (χ1n) is 5.33. The molecule has 1 fully saturated rings. The molecule has 14 heavy (non-hydrogen) atoms. The highest BCUT2D eigenvalue weighted by Crippen LogP contribution is 2.01. The molecule has 0 aromatic heterocycles. The quantitative estimate of drug-likeness (QED) is 0.659. The van der Waals surface area contributed by atoms with E-state index in [2.05, 4.69) is 10.6 Å². The van der Waals surface area contributed by atoms with Gasteiger partial charge < -0.3 is 15.5 Å². The minimum absolute atomic E-state index is 0.174. The van der Waals surface area contributed by atoms with E-state index in [0.717, 1.165) is 26.1 Å². The molecule has 2 N–H and O–H groups in total. The molecule has 0 radical (unpaired) electrons. The molecule has 0 unspecified atom stereocenters. The Bertz CT molecular complexity index is 176. The summed E-state index contributed by atoms with van der Waals surface area (Å²) in [6.45, 7) is 2.84. The first-order valence-corrected chi connectivity index (χ1v) is 5.33. The fourth-order valence-corrected chi connectivity index (χ4v) is 1.60. The lowest BCUT2D eigenvalue weighted by molar-refractivity contribution is -0.122. The number of hydrogen-bond donors (Lipinski definition) is 2. The smallest absolute Gasteiger partial charge is 0.221 e. The van der Waals surface area contributed by atoms with Gasteiger partial charge in [0.25, 0.3) is 0 Å². The highest BCUT2D eigenvalue weighted by molar-refractivity contribution is 5.76. The van der Waals surface area contributed by atoms with E-state index in [0.29, 0.717) is 12.5 Å². The molecule has 82 valence electrons. The van der Waals surface area contributed by atoms with Crippen LogP contribution < -0.4 is 10.6 Å². The number of amides is 1. The summed E-state index contributed by atoms with van der Waals surface area (Å²) in [6, 6.07) is 0.346. The van der Waals surface area contributed by atoms with Crippen molar-refractivity contribution < 1.29 is 4.79 Å². The third-order valence-electron chi connectivity index (χ3n) is 2.45.